The highest BCUT2D eigenvalue weighted by atomic mass is 16.5. The van der Waals surface area contributed by atoms with Crippen molar-refractivity contribution < 1.29 is 13.9 Å². The molecule has 0 saturated carbocycles. The van der Waals surface area contributed by atoms with E-state index in [1.807, 2.05) is 30.3 Å². The molecule has 3 rings (SSSR count). The number of pyridine rings is 1. The molecule has 1 aromatic carbocycles. The second kappa shape index (κ2) is 5.17. The summed E-state index contributed by atoms with van der Waals surface area (Å²) in [4.78, 5) is 15.7. The fourth-order valence-electron chi connectivity index (χ4n) is 2.07. The molecular weight excluding hydrogens is 254 g/mol. The minimum absolute atomic E-state index is 0.359. The molecule has 0 saturated heterocycles. The standard InChI is InChI=1S/C16H13NO3/c1-2-19-15(18)8-7-12-9-11-10-17-14-6-4-3-5-13(14)16(11)20-12/h3-10H,2H2,1H3/b8-7+. The molecule has 2 aromatic heterocycles. The number of benzene rings is 1. The van der Waals surface area contributed by atoms with Crippen LogP contribution in [-0.4, -0.2) is 17.6 Å². The maximum absolute atomic E-state index is 11.3. The monoisotopic (exact) mass is 267 g/mol. The zero-order valence-corrected chi connectivity index (χ0v) is 11.0. The number of carbonyl (C=O) groups excluding carboxylic acids is 1. The Morgan fingerprint density at radius 3 is 3.10 bits per heavy atom. The molecule has 0 aliphatic heterocycles. The molecule has 4 heteroatoms. The minimum Gasteiger partial charge on any atom is -0.463 e. The van der Waals surface area contributed by atoms with Crippen molar-refractivity contribution in [3.8, 4) is 0 Å². The van der Waals surface area contributed by atoms with Gasteiger partial charge in [-0.25, -0.2) is 4.79 Å². The highest BCUT2D eigenvalue weighted by molar-refractivity contribution is 6.02. The van der Waals surface area contributed by atoms with E-state index in [1.54, 1.807) is 19.2 Å². The number of carbonyl (C=O) groups is 1. The third kappa shape index (κ3) is 2.28. The molecule has 0 aliphatic rings. The van der Waals surface area contributed by atoms with Gasteiger partial charge < -0.3 is 9.15 Å². The number of esters is 1. The van der Waals surface area contributed by atoms with E-state index in [0.29, 0.717) is 12.4 Å². The largest absolute Gasteiger partial charge is 0.463 e. The maximum Gasteiger partial charge on any atom is 0.330 e. The summed E-state index contributed by atoms with van der Waals surface area (Å²) in [5, 5.41) is 1.87. The van der Waals surface area contributed by atoms with E-state index in [0.717, 1.165) is 21.9 Å². The Morgan fingerprint density at radius 1 is 1.40 bits per heavy atom. The third-order valence-electron chi connectivity index (χ3n) is 2.94. The van der Waals surface area contributed by atoms with Crippen LogP contribution in [0, 0.1) is 0 Å². The Labute approximate surface area is 115 Å². The van der Waals surface area contributed by atoms with Crippen LogP contribution in [0.15, 0.2) is 47.0 Å². The fraction of sp³-hybridized carbons (Fsp3) is 0.125. The summed E-state index contributed by atoms with van der Waals surface area (Å²) in [6, 6.07) is 9.63. The van der Waals surface area contributed by atoms with E-state index in [2.05, 4.69) is 4.98 Å². The smallest absolute Gasteiger partial charge is 0.330 e. The molecule has 0 fully saturated rings. The quantitative estimate of drug-likeness (QED) is 0.538. The van der Waals surface area contributed by atoms with Gasteiger partial charge in [0.15, 0.2) is 0 Å². The van der Waals surface area contributed by atoms with Crippen molar-refractivity contribution in [2.24, 2.45) is 0 Å². The van der Waals surface area contributed by atoms with Crippen molar-refractivity contribution >= 4 is 33.9 Å². The zero-order chi connectivity index (χ0) is 13.9. The number of hydrogen-bond acceptors (Lipinski definition) is 4. The van der Waals surface area contributed by atoms with Gasteiger partial charge in [-0.3, -0.25) is 4.98 Å². The van der Waals surface area contributed by atoms with Gasteiger partial charge in [0.2, 0.25) is 0 Å². The lowest BCUT2D eigenvalue weighted by Crippen LogP contribution is -1.98. The number of ether oxygens (including phenoxy) is 1. The Balaban J connectivity index is 2.02. The van der Waals surface area contributed by atoms with Crippen LogP contribution in [0.2, 0.25) is 0 Å². The van der Waals surface area contributed by atoms with E-state index in [1.165, 1.54) is 6.08 Å². The van der Waals surface area contributed by atoms with Gasteiger partial charge in [0.1, 0.15) is 11.3 Å². The Hall–Kier alpha value is -2.62. The molecule has 0 amide bonds. The zero-order valence-electron chi connectivity index (χ0n) is 11.0. The van der Waals surface area contributed by atoms with Crippen molar-refractivity contribution in [1.29, 1.82) is 0 Å². The number of rotatable bonds is 3. The highest BCUT2D eigenvalue weighted by Crippen LogP contribution is 2.26. The summed E-state index contributed by atoms with van der Waals surface area (Å²) in [7, 11) is 0. The molecule has 0 radical (unpaired) electrons. The fourth-order valence-corrected chi connectivity index (χ4v) is 2.07. The lowest BCUT2D eigenvalue weighted by molar-refractivity contribution is -0.137. The minimum atomic E-state index is -0.379. The first kappa shape index (κ1) is 12.4. The molecule has 20 heavy (non-hydrogen) atoms. The van der Waals surface area contributed by atoms with E-state index < -0.39 is 0 Å². The van der Waals surface area contributed by atoms with E-state index >= 15 is 0 Å². The summed E-state index contributed by atoms with van der Waals surface area (Å²) >= 11 is 0. The molecule has 0 bridgehead atoms. The van der Waals surface area contributed by atoms with Crippen LogP contribution in [-0.2, 0) is 9.53 Å². The lowest BCUT2D eigenvalue weighted by atomic mass is 10.2. The molecule has 0 unspecified atom stereocenters. The first-order valence-electron chi connectivity index (χ1n) is 6.40. The number of aromatic nitrogens is 1. The second-order valence-electron chi connectivity index (χ2n) is 4.29. The van der Waals surface area contributed by atoms with Gasteiger partial charge in [0, 0.05) is 23.0 Å². The average Bonchev–Trinajstić information content (AvgIpc) is 2.89. The van der Waals surface area contributed by atoms with Crippen LogP contribution >= 0.6 is 0 Å². The molecule has 4 nitrogen and oxygen atoms in total. The molecule has 0 atom stereocenters. The van der Waals surface area contributed by atoms with Crippen molar-refractivity contribution in [3.05, 3.63) is 48.4 Å². The van der Waals surface area contributed by atoms with Crippen molar-refractivity contribution in [2.75, 3.05) is 6.61 Å². The van der Waals surface area contributed by atoms with Gasteiger partial charge in [0.25, 0.3) is 0 Å². The van der Waals surface area contributed by atoms with Gasteiger partial charge in [-0.05, 0) is 31.2 Å². The number of nitrogens with zero attached hydrogens (tertiary/aromatic N) is 1. The predicted octanol–water partition coefficient (Wildman–Crippen LogP) is 3.56. The number of furan rings is 1. The number of fused-ring (bicyclic) bond motifs is 3. The Kier molecular flexibility index (Phi) is 3.21. The summed E-state index contributed by atoms with van der Waals surface area (Å²) in [6.07, 6.45) is 4.73. The van der Waals surface area contributed by atoms with E-state index in [9.17, 15) is 4.79 Å². The van der Waals surface area contributed by atoms with Crippen molar-refractivity contribution in [3.63, 3.8) is 0 Å². The van der Waals surface area contributed by atoms with Gasteiger partial charge in [-0.15, -0.1) is 0 Å². The number of hydrogen-bond donors (Lipinski definition) is 0. The van der Waals surface area contributed by atoms with E-state index in [-0.39, 0.29) is 5.97 Å². The summed E-state index contributed by atoms with van der Waals surface area (Å²) in [5.41, 5.74) is 1.66. The van der Waals surface area contributed by atoms with Crippen LogP contribution in [0.4, 0.5) is 0 Å². The van der Waals surface area contributed by atoms with Gasteiger partial charge in [-0.2, -0.15) is 0 Å². The van der Waals surface area contributed by atoms with Crippen LogP contribution in [0.5, 0.6) is 0 Å². The first-order valence-corrected chi connectivity index (χ1v) is 6.40. The molecule has 100 valence electrons. The third-order valence-corrected chi connectivity index (χ3v) is 2.94. The van der Waals surface area contributed by atoms with Crippen molar-refractivity contribution in [2.45, 2.75) is 6.92 Å². The molecule has 2 heterocycles. The van der Waals surface area contributed by atoms with Gasteiger partial charge in [-0.1, -0.05) is 12.1 Å². The average molecular weight is 267 g/mol. The molecule has 0 aliphatic carbocycles. The van der Waals surface area contributed by atoms with Gasteiger partial charge in [0.05, 0.1) is 12.1 Å². The Bertz CT molecular complexity index is 802. The van der Waals surface area contributed by atoms with Crippen LogP contribution in [0.3, 0.4) is 0 Å². The SMILES string of the molecule is CCOC(=O)/C=C/c1cc2cnc3ccccc3c2o1. The topological polar surface area (TPSA) is 52.3 Å². The number of para-hydroxylation sites is 1. The van der Waals surface area contributed by atoms with Crippen LogP contribution in [0.25, 0.3) is 27.9 Å². The van der Waals surface area contributed by atoms with Crippen molar-refractivity contribution in [1.82, 2.24) is 4.98 Å². The Morgan fingerprint density at radius 2 is 2.25 bits per heavy atom. The second-order valence-corrected chi connectivity index (χ2v) is 4.29. The molecule has 3 aromatic rings. The highest BCUT2D eigenvalue weighted by Gasteiger charge is 2.07. The van der Waals surface area contributed by atoms with Crippen LogP contribution in [0.1, 0.15) is 12.7 Å². The summed E-state index contributed by atoms with van der Waals surface area (Å²) in [5.74, 6) is 0.224. The lowest BCUT2D eigenvalue weighted by Gasteiger charge is -1.96. The molecule has 0 N–H and O–H groups in total. The predicted molar refractivity (Wildman–Crippen MR) is 77.2 cm³/mol. The van der Waals surface area contributed by atoms with Gasteiger partial charge >= 0.3 is 5.97 Å². The first-order chi connectivity index (χ1) is 9.78. The normalized spacial score (nSPS) is 11.4. The summed E-state index contributed by atoms with van der Waals surface area (Å²) < 4.78 is 10.6. The van der Waals surface area contributed by atoms with E-state index in [4.69, 9.17) is 9.15 Å². The van der Waals surface area contributed by atoms with Crippen LogP contribution < -0.4 is 0 Å². The summed E-state index contributed by atoms with van der Waals surface area (Å²) in [6.45, 7) is 2.13. The molecular formula is C16H13NO3. The maximum atomic E-state index is 11.3. The molecule has 0 spiro atoms.